The van der Waals surface area contributed by atoms with E-state index in [0.717, 1.165) is 11.1 Å². The summed E-state index contributed by atoms with van der Waals surface area (Å²) in [5.41, 5.74) is 2.29. The van der Waals surface area contributed by atoms with E-state index in [0.29, 0.717) is 12.8 Å². The summed E-state index contributed by atoms with van der Waals surface area (Å²) >= 11 is 0. The Kier molecular flexibility index (Phi) is 7.75. The van der Waals surface area contributed by atoms with Gasteiger partial charge in [-0.3, -0.25) is 4.79 Å². The van der Waals surface area contributed by atoms with Crippen LogP contribution in [-0.4, -0.2) is 63.5 Å². The molecule has 0 atom stereocenters. The van der Waals surface area contributed by atoms with Gasteiger partial charge in [-0.15, -0.1) is 0 Å². The summed E-state index contributed by atoms with van der Waals surface area (Å²) < 4.78 is 37.6. The van der Waals surface area contributed by atoms with Crippen molar-refractivity contribution >= 4 is 28.0 Å². The van der Waals surface area contributed by atoms with E-state index in [1.165, 1.54) is 4.31 Å². The number of nitrogens with zero attached hydrogens (tertiary/aromatic N) is 1. The van der Waals surface area contributed by atoms with Gasteiger partial charge in [0.2, 0.25) is 10.0 Å². The summed E-state index contributed by atoms with van der Waals surface area (Å²) in [6, 6.07) is 4.54. The first-order valence-electron chi connectivity index (χ1n) is 10.8. The van der Waals surface area contributed by atoms with Crippen molar-refractivity contribution in [3.63, 3.8) is 0 Å². The number of ether oxygens (including phenoxy) is 2. The first kappa shape index (κ1) is 24.7. The van der Waals surface area contributed by atoms with Crippen LogP contribution in [0.5, 0.6) is 0 Å². The zero-order chi connectivity index (χ0) is 24.2. The van der Waals surface area contributed by atoms with Gasteiger partial charge in [0.1, 0.15) is 6.61 Å². The summed E-state index contributed by atoms with van der Waals surface area (Å²) in [5.74, 6) is -1.57. The van der Waals surface area contributed by atoms with Crippen LogP contribution >= 0.6 is 0 Å². The number of benzene rings is 1. The smallest absolute Gasteiger partial charge is 0.337 e. The van der Waals surface area contributed by atoms with E-state index in [9.17, 15) is 22.8 Å². The molecule has 10 nitrogen and oxygen atoms in total. The molecule has 0 radical (unpaired) electrons. The molecule has 2 heterocycles. The van der Waals surface area contributed by atoms with Crippen molar-refractivity contribution < 1.29 is 32.3 Å². The van der Waals surface area contributed by atoms with Crippen LogP contribution in [0, 0.1) is 19.8 Å². The maximum atomic E-state index is 13.0. The fourth-order valence-electron chi connectivity index (χ4n) is 3.69. The molecule has 1 fully saturated rings. The number of urea groups is 1. The van der Waals surface area contributed by atoms with Gasteiger partial charge in [-0.25, -0.2) is 18.0 Å². The molecule has 11 heteroatoms. The average Bonchev–Trinajstić information content (AvgIpc) is 2.79. The van der Waals surface area contributed by atoms with Crippen molar-refractivity contribution in [1.82, 2.24) is 14.9 Å². The molecule has 0 spiro atoms. The zero-order valence-corrected chi connectivity index (χ0v) is 19.8. The van der Waals surface area contributed by atoms with Gasteiger partial charge in [-0.1, -0.05) is 6.07 Å². The van der Waals surface area contributed by atoms with Crippen LogP contribution < -0.4 is 10.6 Å². The van der Waals surface area contributed by atoms with E-state index in [1.54, 1.807) is 25.1 Å². The van der Waals surface area contributed by atoms with Crippen LogP contribution in [0.2, 0.25) is 0 Å². The second kappa shape index (κ2) is 10.3. The molecule has 3 rings (SSSR count). The summed E-state index contributed by atoms with van der Waals surface area (Å²) in [7, 11) is -3.64. The lowest BCUT2D eigenvalue weighted by Gasteiger charge is -2.30. The number of sulfonamides is 1. The maximum absolute atomic E-state index is 13.0. The Bertz CT molecular complexity index is 1070. The molecule has 2 amide bonds. The molecule has 180 valence electrons. The molecule has 2 aliphatic rings. The Morgan fingerprint density at radius 1 is 1.12 bits per heavy atom. The summed E-state index contributed by atoms with van der Waals surface area (Å²) in [6.45, 7) is 5.73. The maximum Gasteiger partial charge on any atom is 0.337 e. The van der Waals surface area contributed by atoms with Gasteiger partial charge < -0.3 is 20.1 Å². The highest BCUT2D eigenvalue weighted by molar-refractivity contribution is 7.89. The van der Waals surface area contributed by atoms with Crippen LogP contribution in [0.25, 0.3) is 0 Å². The number of carbonyl (C=O) groups excluding carboxylic acids is 3. The highest BCUT2D eigenvalue weighted by atomic mass is 32.2. The zero-order valence-electron chi connectivity index (χ0n) is 19.0. The molecule has 2 N–H and O–H groups in total. The normalized spacial score (nSPS) is 17.8. The Morgan fingerprint density at radius 2 is 1.82 bits per heavy atom. The summed E-state index contributed by atoms with van der Waals surface area (Å²) in [5, 5.41) is 4.96. The first-order chi connectivity index (χ1) is 15.6. The van der Waals surface area contributed by atoms with E-state index in [1.807, 2.05) is 13.8 Å². The van der Waals surface area contributed by atoms with Crippen molar-refractivity contribution in [2.45, 2.75) is 38.5 Å². The number of esters is 2. The second-order valence-electron chi connectivity index (χ2n) is 8.02. The van der Waals surface area contributed by atoms with Crippen molar-refractivity contribution in [2.75, 3.05) is 32.8 Å². The van der Waals surface area contributed by atoms with E-state index in [4.69, 9.17) is 9.47 Å². The number of nitrogens with one attached hydrogen (secondary N) is 2. The molecule has 0 unspecified atom stereocenters. The Hall–Kier alpha value is -2.92. The molecule has 0 saturated carbocycles. The van der Waals surface area contributed by atoms with Gasteiger partial charge in [0, 0.05) is 13.1 Å². The summed E-state index contributed by atoms with van der Waals surface area (Å²) in [6.07, 6.45) is 0.640. The SMILES string of the molecule is CCOC(=O)C1=C(COC(=O)C2CCN(S(=O)(=O)c3ccc(C)c(C)c3)CC2)NC(=O)NC1. The number of piperidine rings is 1. The number of aryl methyl sites for hydroxylation is 2. The highest BCUT2D eigenvalue weighted by Crippen LogP contribution is 2.26. The Morgan fingerprint density at radius 3 is 2.45 bits per heavy atom. The second-order valence-corrected chi connectivity index (χ2v) is 9.96. The van der Waals surface area contributed by atoms with Gasteiger partial charge in [0.05, 0.1) is 35.2 Å². The fourth-order valence-corrected chi connectivity index (χ4v) is 5.24. The van der Waals surface area contributed by atoms with Crippen molar-refractivity contribution in [2.24, 2.45) is 5.92 Å². The lowest BCUT2D eigenvalue weighted by Crippen LogP contribution is -2.45. The van der Waals surface area contributed by atoms with Gasteiger partial charge in [0.25, 0.3) is 0 Å². The van der Waals surface area contributed by atoms with Crippen molar-refractivity contribution in [3.05, 3.63) is 40.6 Å². The van der Waals surface area contributed by atoms with Gasteiger partial charge in [0.15, 0.2) is 0 Å². The predicted octanol–water partition coefficient (Wildman–Crippen LogP) is 1.38. The quantitative estimate of drug-likeness (QED) is 0.565. The Labute approximate surface area is 193 Å². The molecule has 1 aromatic carbocycles. The lowest BCUT2D eigenvalue weighted by molar-refractivity contribution is -0.149. The van der Waals surface area contributed by atoms with Crippen molar-refractivity contribution in [3.8, 4) is 0 Å². The highest BCUT2D eigenvalue weighted by Gasteiger charge is 2.33. The topological polar surface area (TPSA) is 131 Å². The van der Waals surface area contributed by atoms with Gasteiger partial charge in [-0.2, -0.15) is 4.31 Å². The average molecular weight is 480 g/mol. The van der Waals surface area contributed by atoms with Crippen LogP contribution in [0.4, 0.5) is 4.79 Å². The van der Waals surface area contributed by atoms with Crippen LogP contribution in [-0.2, 0) is 29.1 Å². The van der Waals surface area contributed by atoms with E-state index in [-0.39, 0.29) is 49.0 Å². The fraction of sp³-hybridized carbons (Fsp3) is 0.500. The number of carbonyl (C=O) groups is 3. The molecule has 1 aromatic rings. The van der Waals surface area contributed by atoms with Crippen LogP contribution in [0.1, 0.15) is 30.9 Å². The number of amides is 2. The standard InChI is InChI=1S/C22H29N3O7S/c1-4-31-21(27)18-12-23-22(28)24-19(18)13-32-20(26)16-7-9-25(10-8-16)33(29,30)17-6-5-14(2)15(3)11-17/h5-6,11,16H,4,7-10,12-13H2,1-3H3,(H2,23,24,28). The van der Waals surface area contributed by atoms with Crippen molar-refractivity contribution in [1.29, 1.82) is 0 Å². The number of hydrogen-bond donors (Lipinski definition) is 2. The minimum atomic E-state index is -3.64. The molecule has 0 aromatic heterocycles. The van der Waals surface area contributed by atoms with E-state index in [2.05, 4.69) is 10.6 Å². The third-order valence-electron chi connectivity index (χ3n) is 5.84. The minimum absolute atomic E-state index is 0.0215. The number of rotatable bonds is 7. The Balaban J connectivity index is 1.59. The predicted molar refractivity (Wildman–Crippen MR) is 119 cm³/mol. The van der Waals surface area contributed by atoms with E-state index < -0.39 is 33.9 Å². The number of hydrogen-bond acceptors (Lipinski definition) is 7. The summed E-state index contributed by atoms with van der Waals surface area (Å²) in [4.78, 5) is 36.5. The van der Waals surface area contributed by atoms with Crippen LogP contribution in [0.3, 0.4) is 0 Å². The van der Waals surface area contributed by atoms with Gasteiger partial charge in [-0.05, 0) is 56.9 Å². The third kappa shape index (κ3) is 5.72. The van der Waals surface area contributed by atoms with Gasteiger partial charge >= 0.3 is 18.0 Å². The third-order valence-corrected chi connectivity index (χ3v) is 7.73. The molecule has 2 aliphatic heterocycles. The molecule has 0 aliphatic carbocycles. The van der Waals surface area contributed by atoms with Crippen LogP contribution in [0.15, 0.2) is 34.4 Å². The monoisotopic (exact) mass is 479 g/mol. The molecule has 0 bridgehead atoms. The van der Waals surface area contributed by atoms with E-state index >= 15 is 0 Å². The molecular formula is C22H29N3O7S. The largest absolute Gasteiger partial charge is 0.463 e. The first-order valence-corrected chi connectivity index (χ1v) is 12.3. The minimum Gasteiger partial charge on any atom is -0.463 e. The lowest BCUT2D eigenvalue weighted by atomic mass is 9.98. The molecule has 33 heavy (non-hydrogen) atoms. The molecule has 1 saturated heterocycles. The molecular weight excluding hydrogens is 450 g/mol.